The number of aliphatic imine (C=N–C) groups is 1. The van der Waals surface area contributed by atoms with Crippen LogP contribution in [0.1, 0.15) is 6.42 Å². The second kappa shape index (κ2) is 6.43. The van der Waals surface area contributed by atoms with E-state index in [9.17, 15) is 0 Å². The molecule has 2 rings (SSSR count). The van der Waals surface area contributed by atoms with Gasteiger partial charge in [-0.05, 0) is 18.6 Å². The van der Waals surface area contributed by atoms with Crippen molar-refractivity contribution in [3.05, 3.63) is 30.3 Å². The van der Waals surface area contributed by atoms with Crippen LogP contribution in [0.4, 0.5) is 0 Å². The van der Waals surface area contributed by atoms with E-state index in [2.05, 4.69) is 39.9 Å². The molecule has 0 saturated carbocycles. The molecule has 3 nitrogen and oxygen atoms in total. The molecule has 0 spiro atoms. The Labute approximate surface area is 101 Å². The maximum atomic E-state index is 4.36. The molecule has 0 aliphatic carbocycles. The fourth-order valence-electron chi connectivity index (χ4n) is 1.51. The fraction of sp³-hybridized carbons (Fsp3) is 0.417. The Bertz CT molecular complexity index is 337. The Balaban J connectivity index is 1.63. The van der Waals surface area contributed by atoms with E-state index in [1.807, 2.05) is 17.8 Å². The van der Waals surface area contributed by atoms with E-state index < -0.39 is 0 Å². The predicted octanol–water partition coefficient (Wildman–Crippen LogP) is 1.72. The van der Waals surface area contributed by atoms with Crippen molar-refractivity contribution in [3.63, 3.8) is 0 Å². The van der Waals surface area contributed by atoms with Crippen LogP contribution in [0.5, 0.6) is 0 Å². The molecule has 0 radical (unpaired) electrons. The van der Waals surface area contributed by atoms with Crippen molar-refractivity contribution in [3.8, 4) is 0 Å². The first-order valence-corrected chi connectivity index (χ1v) is 6.64. The summed E-state index contributed by atoms with van der Waals surface area (Å²) in [6, 6.07) is 10.5. The molecule has 86 valence electrons. The summed E-state index contributed by atoms with van der Waals surface area (Å²) in [5.41, 5.74) is 0. The number of nitrogens with zero attached hydrogens (tertiary/aromatic N) is 1. The van der Waals surface area contributed by atoms with Crippen LogP contribution in [0.25, 0.3) is 0 Å². The molecule has 1 aromatic carbocycles. The highest BCUT2D eigenvalue weighted by atomic mass is 32.2. The lowest BCUT2D eigenvalue weighted by Gasteiger charge is -2.15. The van der Waals surface area contributed by atoms with Crippen molar-refractivity contribution in [1.29, 1.82) is 0 Å². The Kier molecular flexibility index (Phi) is 4.55. The lowest BCUT2D eigenvalue weighted by molar-refractivity contribution is 0.709. The quantitative estimate of drug-likeness (QED) is 0.616. The van der Waals surface area contributed by atoms with Crippen LogP contribution in [0, 0.1) is 0 Å². The van der Waals surface area contributed by atoms with Crippen molar-refractivity contribution in [2.24, 2.45) is 4.99 Å². The lowest BCUT2D eigenvalue weighted by Crippen LogP contribution is -2.41. The number of benzene rings is 1. The maximum Gasteiger partial charge on any atom is 0.191 e. The molecule has 0 amide bonds. The highest BCUT2D eigenvalue weighted by molar-refractivity contribution is 7.99. The van der Waals surface area contributed by atoms with Gasteiger partial charge in [0.15, 0.2) is 5.96 Å². The second-order valence-corrected chi connectivity index (χ2v) is 4.77. The highest BCUT2D eigenvalue weighted by Gasteiger charge is 2.01. The number of hydrogen-bond donors (Lipinski definition) is 2. The van der Waals surface area contributed by atoms with Crippen molar-refractivity contribution in [2.75, 3.05) is 25.4 Å². The largest absolute Gasteiger partial charge is 0.356 e. The van der Waals surface area contributed by atoms with E-state index in [0.717, 1.165) is 37.8 Å². The van der Waals surface area contributed by atoms with Gasteiger partial charge in [-0.15, -0.1) is 11.8 Å². The summed E-state index contributed by atoms with van der Waals surface area (Å²) >= 11 is 1.86. The van der Waals surface area contributed by atoms with E-state index in [1.165, 1.54) is 4.90 Å². The number of guanidine groups is 1. The van der Waals surface area contributed by atoms with E-state index >= 15 is 0 Å². The topological polar surface area (TPSA) is 36.4 Å². The van der Waals surface area contributed by atoms with Crippen LogP contribution >= 0.6 is 11.8 Å². The molecule has 0 atom stereocenters. The van der Waals surface area contributed by atoms with Gasteiger partial charge in [-0.3, -0.25) is 4.99 Å². The van der Waals surface area contributed by atoms with Crippen LogP contribution in [0.3, 0.4) is 0 Å². The summed E-state index contributed by atoms with van der Waals surface area (Å²) in [4.78, 5) is 5.68. The van der Waals surface area contributed by atoms with Crippen LogP contribution in [0.15, 0.2) is 40.2 Å². The molecule has 4 heteroatoms. The molecule has 1 aliphatic heterocycles. The highest BCUT2D eigenvalue weighted by Crippen LogP contribution is 2.15. The third kappa shape index (κ3) is 3.77. The number of rotatable bonds is 4. The zero-order chi connectivity index (χ0) is 11.1. The number of nitrogens with one attached hydrogen (secondary N) is 2. The molecule has 16 heavy (non-hydrogen) atoms. The third-order valence-electron chi connectivity index (χ3n) is 2.30. The molecule has 0 bridgehead atoms. The Morgan fingerprint density at radius 3 is 2.94 bits per heavy atom. The molecule has 2 N–H and O–H groups in total. The molecule has 0 unspecified atom stereocenters. The van der Waals surface area contributed by atoms with E-state index in [-0.39, 0.29) is 0 Å². The van der Waals surface area contributed by atoms with Crippen LogP contribution in [-0.2, 0) is 0 Å². The summed E-state index contributed by atoms with van der Waals surface area (Å²) in [6.45, 7) is 2.93. The lowest BCUT2D eigenvalue weighted by atomic mass is 10.4. The zero-order valence-electron chi connectivity index (χ0n) is 9.28. The van der Waals surface area contributed by atoms with Crippen molar-refractivity contribution < 1.29 is 0 Å². The normalized spacial score (nSPS) is 15.1. The van der Waals surface area contributed by atoms with Gasteiger partial charge in [0, 0.05) is 30.3 Å². The first kappa shape index (κ1) is 11.3. The van der Waals surface area contributed by atoms with Gasteiger partial charge in [0.25, 0.3) is 0 Å². The monoisotopic (exact) mass is 235 g/mol. The Hall–Kier alpha value is -1.16. The van der Waals surface area contributed by atoms with Gasteiger partial charge in [0.2, 0.25) is 0 Å². The first-order valence-electron chi connectivity index (χ1n) is 5.65. The molecule has 1 aromatic rings. The summed E-state index contributed by atoms with van der Waals surface area (Å²) < 4.78 is 0. The summed E-state index contributed by atoms with van der Waals surface area (Å²) in [6.07, 6.45) is 1.14. The van der Waals surface area contributed by atoms with E-state index in [0.29, 0.717) is 0 Å². The second-order valence-electron chi connectivity index (χ2n) is 3.60. The minimum Gasteiger partial charge on any atom is -0.356 e. The molecule has 0 aromatic heterocycles. The average molecular weight is 235 g/mol. The smallest absolute Gasteiger partial charge is 0.191 e. The molecule has 1 heterocycles. The van der Waals surface area contributed by atoms with E-state index in [1.54, 1.807) is 0 Å². The molecule has 0 fully saturated rings. The summed E-state index contributed by atoms with van der Waals surface area (Å²) in [5, 5.41) is 6.56. The van der Waals surface area contributed by atoms with Gasteiger partial charge in [-0.2, -0.15) is 0 Å². The maximum absolute atomic E-state index is 4.36. The fourth-order valence-corrected chi connectivity index (χ4v) is 2.30. The van der Waals surface area contributed by atoms with Crippen molar-refractivity contribution >= 4 is 17.7 Å². The van der Waals surface area contributed by atoms with Crippen molar-refractivity contribution in [1.82, 2.24) is 10.6 Å². The average Bonchev–Trinajstić information content (AvgIpc) is 2.37. The van der Waals surface area contributed by atoms with Crippen LogP contribution < -0.4 is 10.6 Å². The minimum absolute atomic E-state index is 0.946. The third-order valence-corrected chi connectivity index (χ3v) is 3.32. The van der Waals surface area contributed by atoms with Gasteiger partial charge in [-0.1, -0.05) is 18.2 Å². The van der Waals surface area contributed by atoms with E-state index in [4.69, 9.17) is 0 Å². The van der Waals surface area contributed by atoms with Crippen LogP contribution in [-0.4, -0.2) is 31.3 Å². The van der Waals surface area contributed by atoms with Gasteiger partial charge >= 0.3 is 0 Å². The minimum atomic E-state index is 0.946. The zero-order valence-corrected chi connectivity index (χ0v) is 10.1. The summed E-state index contributed by atoms with van der Waals surface area (Å²) in [7, 11) is 0. The molecular formula is C12H17N3S. The van der Waals surface area contributed by atoms with Crippen LogP contribution in [0.2, 0.25) is 0 Å². The summed E-state index contributed by atoms with van der Waals surface area (Å²) in [5.74, 6) is 2.02. The predicted molar refractivity (Wildman–Crippen MR) is 70.1 cm³/mol. The van der Waals surface area contributed by atoms with Gasteiger partial charge in [0.05, 0.1) is 0 Å². The Morgan fingerprint density at radius 1 is 1.31 bits per heavy atom. The SMILES string of the molecule is c1ccc(SCCNC2=NCCCN2)cc1. The van der Waals surface area contributed by atoms with Crippen molar-refractivity contribution in [2.45, 2.75) is 11.3 Å². The van der Waals surface area contributed by atoms with Gasteiger partial charge in [-0.25, -0.2) is 0 Å². The molecular weight excluding hydrogens is 218 g/mol. The first-order chi connectivity index (χ1) is 7.95. The number of thioether (sulfide) groups is 1. The standard InChI is InChI=1S/C12H17N3S/c1-2-5-11(6-3-1)16-10-9-15-12-13-7-4-8-14-12/h1-3,5-6H,4,7-10H2,(H2,13,14,15). The molecule has 1 aliphatic rings. The molecule has 0 saturated heterocycles. The van der Waals surface area contributed by atoms with Gasteiger partial charge < -0.3 is 10.6 Å². The van der Waals surface area contributed by atoms with Gasteiger partial charge in [0.1, 0.15) is 0 Å². The Morgan fingerprint density at radius 2 is 2.19 bits per heavy atom. The number of hydrogen-bond acceptors (Lipinski definition) is 4.